The van der Waals surface area contributed by atoms with Crippen LogP contribution in [0, 0.1) is 17.8 Å². The minimum absolute atomic E-state index is 0.0258. The van der Waals surface area contributed by atoms with Gasteiger partial charge in [-0.15, -0.1) is 0 Å². The van der Waals surface area contributed by atoms with E-state index in [1.54, 1.807) is 12.3 Å². The van der Waals surface area contributed by atoms with Gasteiger partial charge in [-0.25, -0.2) is 9.48 Å². The molecule has 2 N–H and O–H groups in total. The second kappa shape index (κ2) is 5.22. The third kappa shape index (κ3) is 2.72. The van der Waals surface area contributed by atoms with Crippen molar-refractivity contribution < 1.29 is 14.7 Å². The van der Waals surface area contributed by atoms with Gasteiger partial charge in [-0.05, 0) is 49.3 Å². The van der Waals surface area contributed by atoms with E-state index in [4.69, 9.17) is 5.11 Å². The van der Waals surface area contributed by atoms with Crippen LogP contribution in [0.2, 0.25) is 0 Å². The first-order valence-electron chi connectivity index (χ1n) is 7.82. The van der Waals surface area contributed by atoms with Gasteiger partial charge in [0.25, 0.3) is 0 Å². The lowest BCUT2D eigenvalue weighted by atomic mass is 10.2. The molecule has 0 aliphatic heterocycles. The van der Waals surface area contributed by atoms with Crippen molar-refractivity contribution >= 4 is 17.6 Å². The molecule has 0 bridgehead atoms. The number of hydrogen-bond donors (Lipinski definition) is 2. The predicted octanol–water partition coefficient (Wildman–Crippen LogP) is 2.56. The van der Waals surface area contributed by atoms with Crippen molar-refractivity contribution in [3.63, 3.8) is 0 Å². The van der Waals surface area contributed by atoms with Crippen LogP contribution in [-0.2, 0) is 4.79 Å². The molecular weight excluding hydrogens is 294 g/mol. The average molecular weight is 311 g/mol. The number of carboxylic acids is 1. The maximum atomic E-state index is 12.4. The highest BCUT2D eigenvalue weighted by Gasteiger charge is 2.51. The molecule has 1 heterocycles. The summed E-state index contributed by atoms with van der Waals surface area (Å²) < 4.78 is 1.48. The molecule has 6 nitrogen and oxygen atoms in total. The molecule has 6 heteroatoms. The van der Waals surface area contributed by atoms with Crippen molar-refractivity contribution in [2.45, 2.75) is 19.3 Å². The number of nitrogens with zero attached hydrogens (tertiary/aromatic N) is 2. The molecule has 0 spiro atoms. The number of carbonyl (C=O) groups excluding carboxylic acids is 1. The molecule has 2 aromatic rings. The van der Waals surface area contributed by atoms with Crippen LogP contribution in [0.1, 0.15) is 29.8 Å². The van der Waals surface area contributed by atoms with Gasteiger partial charge in [0, 0.05) is 12.1 Å². The van der Waals surface area contributed by atoms with E-state index in [1.807, 2.05) is 18.2 Å². The first-order valence-corrected chi connectivity index (χ1v) is 7.82. The molecule has 2 fully saturated rings. The van der Waals surface area contributed by atoms with Crippen molar-refractivity contribution in [3.05, 3.63) is 42.2 Å². The predicted molar refractivity (Wildman–Crippen MR) is 83.5 cm³/mol. The first-order chi connectivity index (χ1) is 11.1. The van der Waals surface area contributed by atoms with Gasteiger partial charge in [0.15, 0.2) is 5.69 Å². The van der Waals surface area contributed by atoms with E-state index in [9.17, 15) is 9.59 Å². The summed E-state index contributed by atoms with van der Waals surface area (Å²) >= 11 is 0. The van der Waals surface area contributed by atoms with Gasteiger partial charge < -0.3 is 10.4 Å². The lowest BCUT2D eigenvalue weighted by Crippen LogP contribution is -2.17. The standard InChI is InChI=1S/C17H17N3O3/c21-16(12-9-11(12)10-5-6-10)18-13-3-1-2-4-15(13)20-8-7-14(19-20)17(22)23/h1-4,7-8,10-12H,5-6,9H2,(H,18,21)(H,22,23)/t11-,12+/m0/s1. The van der Waals surface area contributed by atoms with Crippen molar-refractivity contribution in [2.24, 2.45) is 17.8 Å². The summed E-state index contributed by atoms with van der Waals surface area (Å²) in [5.74, 6) is 0.425. The van der Waals surface area contributed by atoms with Gasteiger partial charge in [-0.3, -0.25) is 4.79 Å². The Morgan fingerprint density at radius 2 is 2.00 bits per heavy atom. The van der Waals surface area contributed by atoms with E-state index in [2.05, 4.69) is 10.4 Å². The fourth-order valence-electron chi connectivity index (χ4n) is 3.14. The van der Waals surface area contributed by atoms with Crippen LogP contribution >= 0.6 is 0 Å². The van der Waals surface area contributed by atoms with Crippen LogP contribution < -0.4 is 5.32 Å². The smallest absolute Gasteiger partial charge is 0.356 e. The Kier molecular flexibility index (Phi) is 3.18. The Hall–Kier alpha value is -2.63. The highest BCUT2D eigenvalue weighted by molar-refractivity contribution is 5.96. The number of aromatic nitrogens is 2. The van der Waals surface area contributed by atoms with Gasteiger partial charge >= 0.3 is 5.97 Å². The zero-order valence-corrected chi connectivity index (χ0v) is 12.5. The molecule has 1 aromatic heterocycles. The van der Waals surface area contributed by atoms with Gasteiger partial charge in [-0.2, -0.15) is 5.10 Å². The Bertz CT molecular complexity index is 779. The third-order valence-corrected chi connectivity index (χ3v) is 4.62. The molecule has 1 amide bonds. The number of aromatic carboxylic acids is 1. The molecule has 0 saturated heterocycles. The number of nitrogens with one attached hydrogen (secondary N) is 1. The third-order valence-electron chi connectivity index (χ3n) is 4.62. The van der Waals surface area contributed by atoms with Crippen molar-refractivity contribution in [1.29, 1.82) is 0 Å². The summed E-state index contributed by atoms with van der Waals surface area (Å²) in [5.41, 5.74) is 1.29. The van der Waals surface area contributed by atoms with Crippen molar-refractivity contribution in [3.8, 4) is 5.69 Å². The van der Waals surface area contributed by atoms with Gasteiger partial charge in [0.05, 0.1) is 11.4 Å². The van der Waals surface area contributed by atoms with Crippen LogP contribution in [0.5, 0.6) is 0 Å². The number of benzene rings is 1. The average Bonchev–Trinajstić information content (AvgIpc) is 3.43. The van der Waals surface area contributed by atoms with E-state index >= 15 is 0 Å². The quantitative estimate of drug-likeness (QED) is 0.889. The molecule has 23 heavy (non-hydrogen) atoms. The molecule has 2 saturated carbocycles. The Labute approximate surface area is 133 Å². The maximum Gasteiger partial charge on any atom is 0.356 e. The van der Waals surface area contributed by atoms with Gasteiger partial charge in [0.1, 0.15) is 0 Å². The lowest BCUT2D eigenvalue weighted by molar-refractivity contribution is -0.117. The maximum absolute atomic E-state index is 12.4. The summed E-state index contributed by atoms with van der Waals surface area (Å²) in [6.07, 6.45) is 5.09. The number of anilines is 1. The first kappa shape index (κ1) is 14.0. The van der Waals surface area contributed by atoms with E-state index in [0.29, 0.717) is 17.3 Å². The van der Waals surface area contributed by atoms with Crippen LogP contribution in [-0.4, -0.2) is 26.8 Å². The number of carbonyl (C=O) groups is 2. The van der Waals surface area contributed by atoms with Crippen molar-refractivity contribution in [2.75, 3.05) is 5.32 Å². The van der Waals surface area contributed by atoms with Gasteiger partial charge in [-0.1, -0.05) is 12.1 Å². The number of rotatable bonds is 5. The Morgan fingerprint density at radius 3 is 2.70 bits per heavy atom. The summed E-state index contributed by atoms with van der Waals surface area (Å²) in [7, 11) is 0. The molecule has 2 aliphatic carbocycles. The number of para-hydroxylation sites is 2. The van der Waals surface area contributed by atoms with Crippen LogP contribution in [0.3, 0.4) is 0 Å². The number of hydrogen-bond acceptors (Lipinski definition) is 3. The van der Waals surface area contributed by atoms with E-state index < -0.39 is 5.97 Å². The zero-order valence-electron chi connectivity index (χ0n) is 12.5. The molecule has 2 atom stereocenters. The summed E-state index contributed by atoms with van der Waals surface area (Å²) in [6, 6.07) is 8.72. The minimum Gasteiger partial charge on any atom is -0.476 e. The molecule has 1 aromatic carbocycles. The van der Waals surface area contributed by atoms with E-state index in [-0.39, 0.29) is 17.5 Å². The summed E-state index contributed by atoms with van der Waals surface area (Å²) in [4.78, 5) is 23.3. The molecule has 0 radical (unpaired) electrons. The lowest BCUT2D eigenvalue weighted by Gasteiger charge is -2.11. The monoisotopic (exact) mass is 311 g/mol. The highest BCUT2D eigenvalue weighted by Crippen LogP contribution is 2.54. The topological polar surface area (TPSA) is 84.2 Å². The Balaban J connectivity index is 1.54. The van der Waals surface area contributed by atoms with Crippen LogP contribution in [0.25, 0.3) is 5.69 Å². The SMILES string of the molecule is O=C(O)c1ccn(-c2ccccc2NC(=O)[C@@H]2C[C@H]2C2CC2)n1. The summed E-state index contributed by atoms with van der Waals surface area (Å²) in [5, 5.41) is 16.0. The van der Waals surface area contributed by atoms with Crippen molar-refractivity contribution in [1.82, 2.24) is 9.78 Å². The molecule has 118 valence electrons. The number of amides is 1. The van der Waals surface area contributed by atoms with E-state index in [0.717, 1.165) is 12.3 Å². The highest BCUT2D eigenvalue weighted by atomic mass is 16.4. The molecule has 4 rings (SSSR count). The fraction of sp³-hybridized carbons (Fsp3) is 0.353. The largest absolute Gasteiger partial charge is 0.476 e. The second-order valence-electron chi connectivity index (χ2n) is 6.30. The number of carboxylic acid groups (broad SMARTS) is 1. The summed E-state index contributed by atoms with van der Waals surface area (Å²) in [6.45, 7) is 0. The minimum atomic E-state index is -1.07. The normalized spacial score (nSPS) is 22.6. The Morgan fingerprint density at radius 1 is 1.22 bits per heavy atom. The molecule has 2 aliphatic rings. The molecule has 0 unspecified atom stereocenters. The second-order valence-corrected chi connectivity index (χ2v) is 6.30. The fourth-order valence-corrected chi connectivity index (χ4v) is 3.14. The van der Waals surface area contributed by atoms with E-state index in [1.165, 1.54) is 23.6 Å². The van der Waals surface area contributed by atoms with Gasteiger partial charge in [0.2, 0.25) is 5.91 Å². The van der Waals surface area contributed by atoms with Crippen LogP contribution in [0.15, 0.2) is 36.5 Å². The van der Waals surface area contributed by atoms with Crippen LogP contribution in [0.4, 0.5) is 5.69 Å². The molecular formula is C17H17N3O3. The zero-order chi connectivity index (χ0) is 16.0.